The summed E-state index contributed by atoms with van der Waals surface area (Å²) in [5, 5.41) is 8.93. The Morgan fingerprint density at radius 3 is 1.94 bits per heavy atom. The number of hydrogen-bond donors (Lipinski definition) is 1. The van der Waals surface area contributed by atoms with Gasteiger partial charge in [-0.3, -0.25) is 0 Å². The Balaban J connectivity index is 3.49. The lowest BCUT2D eigenvalue weighted by atomic mass is 9.96. The van der Waals surface area contributed by atoms with Gasteiger partial charge in [0.1, 0.15) is 0 Å². The predicted octanol–water partition coefficient (Wildman–Crippen LogP) is 5.17. The molecule has 0 radical (unpaired) electrons. The number of aliphatic hydroxyl groups excluding tert-OH is 1. The second kappa shape index (κ2) is 8.20. The maximum absolute atomic E-state index is 8.93. The molecule has 0 rings (SSSR count). The first-order valence-corrected chi connectivity index (χ1v) is 6.10. The Labute approximate surface area is 101 Å². The first-order valence-electron chi connectivity index (χ1n) is 6.10. The number of unbranched alkanes of at least 4 members (excludes halogenated alkanes) is 2. The van der Waals surface area contributed by atoms with Crippen molar-refractivity contribution in [1.29, 1.82) is 0 Å². The average molecular weight is 222 g/mol. The van der Waals surface area contributed by atoms with E-state index in [0.29, 0.717) is 11.2 Å². The molecule has 1 heteroatoms. The molecule has 0 saturated heterocycles. The average Bonchev–Trinajstić information content (AvgIpc) is 2.13. The first kappa shape index (κ1) is 15.0. The van der Waals surface area contributed by atoms with E-state index in [0.717, 1.165) is 25.7 Å². The molecular formula is C15H26O. The number of aliphatic hydroxyl groups is 1. The molecule has 0 aromatic rings. The summed E-state index contributed by atoms with van der Waals surface area (Å²) < 4.78 is 0. The Morgan fingerprint density at radius 1 is 0.938 bits per heavy atom. The van der Waals surface area contributed by atoms with Gasteiger partial charge in [-0.2, -0.15) is 0 Å². The minimum absolute atomic E-state index is 0.299. The van der Waals surface area contributed by atoms with Crippen molar-refractivity contribution in [2.75, 3.05) is 0 Å². The van der Waals surface area contributed by atoms with Gasteiger partial charge in [-0.25, -0.2) is 0 Å². The van der Waals surface area contributed by atoms with Crippen molar-refractivity contribution in [2.24, 2.45) is 5.41 Å². The second-order valence-corrected chi connectivity index (χ2v) is 5.24. The molecule has 1 nitrogen and oxygen atoms in total. The monoisotopic (exact) mass is 222 g/mol. The van der Waals surface area contributed by atoms with Crippen molar-refractivity contribution in [3.05, 3.63) is 36.1 Å². The van der Waals surface area contributed by atoms with Crippen LogP contribution in [0.4, 0.5) is 0 Å². The van der Waals surface area contributed by atoms with Gasteiger partial charge in [0.2, 0.25) is 0 Å². The highest BCUT2D eigenvalue weighted by molar-refractivity contribution is 4.95. The van der Waals surface area contributed by atoms with Crippen LogP contribution in [0.25, 0.3) is 0 Å². The van der Waals surface area contributed by atoms with Gasteiger partial charge in [0, 0.05) is 0 Å². The van der Waals surface area contributed by atoms with Crippen LogP contribution in [0.15, 0.2) is 36.1 Å². The van der Waals surface area contributed by atoms with Gasteiger partial charge >= 0.3 is 0 Å². The van der Waals surface area contributed by atoms with Crippen molar-refractivity contribution >= 4 is 0 Å². The maximum Gasteiger partial charge on any atom is 0.0852 e. The van der Waals surface area contributed by atoms with Crippen LogP contribution in [0, 0.1) is 5.41 Å². The first-order chi connectivity index (χ1) is 7.42. The lowest BCUT2D eigenvalue weighted by Gasteiger charge is -2.10. The molecule has 0 aliphatic carbocycles. The van der Waals surface area contributed by atoms with Gasteiger partial charge < -0.3 is 5.11 Å². The summed E-state index contributed by atoms with van der Waals surface area (Å²) in [7, 11) is 0. The zero-order valence-electron chi connectivity index (χ0n) is 11.2. The molecule has 0 amide bonds. The lowest BCUT2D eigenvalue weighted by Crippen LogP contribution is -1.97. The van der Waals surface area contributed by atoms with Gasteiger partial charge in [0.05, 0.1) is 5.76 Å². The van der Waals surface area contributed by atoms with E-state index in [1.165, 1.54) is 0 Å². The number of hydrogen-bond acceptors (Lipinski definition) is 1. The van der Waals surface area contributed by atoms with Gasteiger partial charge in [-0.15, -0.1) is 0 Å². The van der Waals surface area contributed by atoms with Crippen LogP contribution in [0.5, 0.6) is 0 Å². The number of rotatable bonds is 6. The van der Waals surface area contributed by atoms with E-state index < -0.39 is 0 Å². The summed E-state index contributed by atoms with van der Waals surface area (Å²) in [6, 6.07) is 0. The molecule has 0 aliphatic heterocycles. The fourth-order valence-electron chi connectivity index (χ4n) is 1.25. The molecule has 0 fully saturated rings. The summed E-state index contributed by atoms with van der Waals surface area (Å²) in [4.78, 5) is 0. The Morgan fingerprint density at radius 2 is 1.44 bits per heavy atom. The van der Waals surface area contributed by atoms with E-state index in [2.05, 4.69) is 45.1 Å². The summed E-state index contributed by atoms with van der Waals surface area (Å²) >= 11 is 0. The van der Waals surface area contributed by atoms with E-state index in [4.69, 9.17) is 5.11 Å². The maximum atomic E-state index is 8.93. The smallest absolute Gasteiger partial charge is 0.0852 e. The van der Waals surface area contributed by atoms with Crippen molar-refractivity contribution in [2.45, 2.75) is 53.4 Å². The van der Waals surface area contributed by atoms with E-state index in [1.807, 2.05) is 6.08 Å². The molecule has 0 aromatic carbocycles. The Hall–Kier alpha value is -0.980. The third-order valence-electron chi connectivity index (χ3n) is 2.06. The van der Waals surface area contributed by atoms with Crippen LogP contribution in [-0.4, -0.2) is 5.11 Å². The topological polar surface area (TPSA) is 20.2 Å². The van der Waals surface area contributed by atoms with Crippen LogP contribution in [0.1, 0.15) is 53.4 Å². The van der Waals surface area contributed by atoms with Gasteiger partial charge in [0.25, 0.3) is 0 Å². The summed E-state index contributed by atoms with van der Waals surface area (Å²) in [5.74, 6) is 0.418. The van der Waals surface area contributed by atoms with Gasteiger partial charge in [0.15, 0.2) is 0 Å². The molecule has 0 heterocycles. The SMILES string of the molecule is CC(O)=CCCC=CCCC=CC(C)(C)C. The molecule has 0 aromatic heterocycles. The van der Waals surface area contributed by atoms with Crippen molar-refractivity contribution in [3.8, 4) is 0 Å². The van der Waals surface area contributed by atoms with Crippen molar-refractivity contribution in [3.63, 3.8) is 0 Å². The molecule has 92 valence electrons. The van der Waals surface area contributed by atoms with Crippen LogP contribution >= 0.6 is 0 Å². The highest BCUT2D eigenvalue weighted by Crippen LogP contribution is 2.15. The van der Waals surface area contributed by atoms with Crippen LogP contribution in [0.3, 0.4) is 0 Å². The lowest BCUT2D eigenvalue weighted by molar-refractivity contribution is 0.411. The predicted molar refractivity (Wildman–Crippen MR) is 72.6 cm³/mol. The molecule has 1 N–H and O–H groups in total. The molecule has 0 saturated carbocycles. The van der Waals surface area contributed by atoms with Gasteiger partial charge in [-0.1, -0.05) is 45.1 Å². The minimum atomic E-state index is 0.299. The molecule has 0 aliphatic rings. The summed E-state index contributed by atoms with van der Waals surface area (Å²) in [6.45, 7) is 8.34. The third-order valence-corrected chi connectivity index (χ3v) is 2.06. The highest BCUT2D eigenvalue weighted by Gasteiger charge is 2.01. The quantitative estimate of drug-likeness (QED) is 0.373. The molecule has 16 heavy (non-hydrogen) atoms. The summed E-state index contributed by atoms with van der Waals surface area (Å²) in [5.41, 5.74) is 0.299. The molecule has 0 atom stereocenters. The van der Waals surface area contributed by atoms with Crippen LogP contribution in [0.2, 0.25) is 0 Å². The van der Waals surface area contributed by atoms with E-state index in [1.54, 1.807) is 6.92 Å². The fourth-order valence-corrected chi connectivity index (χ4v) is 1.25. The fraction of sp³-hybridized carbons (Fsp3) is 0.600. The van der Waals surface area contributed by atoms with E-state index in [9.17, 15) is 0 Å². The third kappa shape index (κ3) is 13.0. The van der Waals surface area contributed by atoms with Crippen molar-refractivity contribution < 1.29 is 5.11 Å². The van der Waals surface area contributed by atoms with Crippen LogP contribution in [-0.2, 0) is 0 Å². The van der Waals surface area contributed by atoms with E-state index >= 15 is 0 Å². The van der Waals surface area contributed by atoms with E-state index in [-0.39, 0.29) is 0 Å². The minimum Gasteiger partial charge on any atom is -0.513 e. The summed E-state index contributed by atoms with van der Waals surface area (Å²) in [6.07, 6.45) is 14.9. The zero-order chi connectivity index (χ0) is 12.4. The van der Waals surface area contributed by atoms with Gasteiger partial charge in [-0.05, 0) is 44.1 Å². The standard InChI is InChI=1S/C15H26O/c1-14(16)12-10-8-6-5-7-9-11-13-15(2,3)4/h5-6,11-13,16H,7-10H2,1-4H3. The largest absolute Gasteiger partial charge is 0.513 e. The Kier molecular flexibility index (Phi) is 7.70. The second-order valence-electron chi connectivity index (χ2n) is 5.24. The van der Waals surface area contributed by atoms with Crippen LogP contribution < -0.4 is 0 Å². The highest BCUT2D eigenvalue weighted by atomic mass is 16.3. The Bertz CT molecular complexity index is 247. The molecule has 0 spiro atoms. The molecular weight excluding hydrogens is 196 g/mol. The molecule has 0 unspecified atom stereocenters. The zero-order valence-corrected chi connectivity index (χ0v) is 11.2. The normalized spacial score (nSPS) is 14.1. The number of allylic oxidation sites excluding steroid dienone is 6. The molecule has 0 bridgehead atoms. The van der Waals surface area contributed by atoms with Crippen molar-refractivity contribution in [1.82, 2.24) is 0 Å².